The van der Waals surface area contributed by atoms with E-state index in [4.69, 9.17) is 4.74 Å². The maximum Gasteiger partial charge on any atom is 0.319 e. The summed E-state index contributed by atoms with van der Waals surface area (Å²) < 4.78 is 5.22. The van der Waals surface area contributed by atoms with Crippen LogP contribution < -0.4 is 20.7 Å². The van der Waals surface area contributed by atoms with Crippen LogP contribution in [0.15, 0.2) is 42.6 Å². The van der Waals surface area contributed by atoms with Crippen LogP contribution in [0.1, 0.15) is 18.4 Å². The third-order valence-corrected chi connectivity index (χ3v) is 3.79. The molecular formula is C18H22N4O2. The van der Waals surface area contributed by atoms with Gasteiger partial charge < -0.3 is 20.7 Å². The van der Waals surface area contributed by atoms with Crippen molar-refractivity contribution in [1.29, 1.82) is 0 Å². The normalized spacial score (nSPS) is 13.2. The maximum absolute atomic E-state index is 11.7. The van der Waals surface area contributed by atoms with Crippen LogP contribution in [0.2, 0.25) is 0 Å². The number of amides is 2. The quantitative estimate of drug-likeness (QED) is 0.731. The van der Waals surface area contributed by atoms with E-state index in [0.29, 0.717) is 11.7 Å². The zero-order valence-corrected chi connectivity index (χ0v) is 13.7. The van der Waals surface area contributed by atoms with Crippen LogP contribution in [-0.4, -0.2) is 30.7 Å². The van der Waals surface area contributed by atoms with Gasteiger partial charge >= 0.3 is 6.03 Å². The molecule has 3 rings (SSSR count). The van der Waals surface area contributed by atoms with Crippen LogP contribution in [0, 0.1) is 0 Å². The first kappa shape index (κ1) is 16.1. The lowest BCUT2D eigenvalue weighted by molar-refractivity contribution is 0.251. The number of nitrogens with zero attached hydrogens (tertiary/aromatic N) is 1. The molecule has 0 bridgehead atoms. The van der Waals surface area contributed by atoms with Crippen molar-refractivity contribution in [2.24, 2.45) is 0 Å². The number of aromatic nitrogens is 1. The molecular weight excluding hydrogens is 304 g/mol. The molecule has 0 spiro atoms. The number of benzene rings is 1. The highest BCUT2D eigenvalue weighted by Gasteiger charge is 2.23. The third-order valence-electron chi connectivity index (χ3n) is 3.79. The molecule has 24 heavy (non-hydrogen) atoms. The predicted octanol–water partition coefficient (Wildman–Crippen LogP) is 3.03. The van der Waals surface area contributed by atoms with Gasteiger partial charge in [0, 0.05) is 12.6 Å². The molecule has 6 nitrogen and oxygen atoms in total. The summed E-state index contributed by atoms with van der Waals surface area (Å²) >= 11 is 0. The van der Waals surface area contributed by atoms with Gasteiger partial charge in [0.1, 0.15) is 11.6 Å². The van der Waals surface area contributed by atoms with Crippen LogP contribution in [0.25, 0.3) is 0 Å². The molecule has 0 saturated heterocycles. The summed E-state index contributed by atoms with van der Waals surface area (Å²) in [5.41, 5.74) is 1.89. The molecule has 1 aliphatic carbocycles. The number of carbonyl (C=O) groups is 1. The maximum atomic E-state index is 11.7. The molecule has 1 aliphatic rings. The van der Waals surface area contributed by atoms with Crippen molar-refractivity contribution >= 4 is 17.5 Å². The topological polar surface area (TPSA) is 75.3 Å². The fraction of sp³-hybridized carbons (Fsp3) is 0.333. The Morgan fingerprint density at radius 3 is 2.88 bits per heavy atom. The summed E-state index contributed by atoms with van der Waals surface area (Å²) in [4.78, 5) is 16.0. The van der Waals surface area contributed by atoms with Gasteiger partial charge in [-0.3, -0.25) is 0 Å². The van der Waals surface area contributed by atoms with E-state index in [1.165, 1.54) is 5.56 Å². The number of pyridine rings is 1. The Bertz CT molecular complexity index is 684. The van der Waals surface area contributed by atoms with Crippen molar-refractivity contribution in [3.8, 4) is 5.75 Å². The first-order chi connectivity index (χ1) is 11.7. The van der Waals surface area contributed by atoms with E-state index in [1.54, 1.807) is 13.3 Å². The Labute approximate surface area is 141 Å². The monoisotopic (exact) mass is 326 g/mol. The number of hydrogen-bond acceptors (Lipinski definition) is 4. The highest BCUT2D eigenvalue weighted by Crippen LogP contribution is 2.19. The van der Waals surface area contributed by atoms with Gasteiger partial charge in [-0.15, -0.1) is 0 Å². The smallest absolute Gasteiger partial charge is 0.319 e. The second-order valence-electron chi connectivity index (χ2n) is 5.83. The molecule has 126 valence electrons. The Morgan fingerprint density at radius 2 is 2.17 bits per heavy atom. The van der Waals surface area contributed by atoms with Crippen LogP contribution in [0.4, 0.5) is 16.3 Å². The molecule has 1 saturated carbocycles. The summed E-state index contributed by atoms with van der Waals surface area (Å²) in [5, 5.41) is 8.93. The van der Waals surface area contributed by atoms with E-state index in [1.807, 2.05) is 30.3 Å². The zero-order valence-electron chi connectivity index (χ0n) is 13.7. The number of urea groups is 1. The standard InChI is InChI=1S/C18H22N4O2/c1-24-16-4-2-3-13(11-16)9-10-19-17-8-7-15(12-20-17)22-18(23)21-14-5-6-14/h2-4,7-8,11-12,14H,5-6,9-10H2,1H3,(H,19,20)(H2,21,22,23). The van der Waals surface area contributed by atoms with Gasteiger partial charge in [0.15, 0.2) is 0 Å². The molecule has 3 N–H and O–H groups in total. The van der Waals surface area contributed by atoms with Gasteiger partial charge in [0.2, 0.25) is 0 Å². The minimum atomic E-state index is -0.168. The average molecular weight is 326 g/mol. The molecule has 0 radical (unpaired) electrons. The molecule has 1 fully saturated rings. The number of anilines is 2. The lowest BCUT2D eigenvalue weighted by atomic mass is 10.1. The number of rotatable bonds is 7. The molecule has 0 aliphatic heterocycles. The lowest BCUT2D eigenvalue weighted by Gasteiger charge is -2.09. The van der Waals surface area contributed by atoms with Gasteiger partial charge in [0.05, 0.1) is 19.0 Å². The Balaban J connectivity index is 1.44. The van der Waals surface area contributed by atoms with E-state index in [-0.39, 0.29) is 6.03 Å². The predicted molar refractivity (Wildman–Crippen MR) is 94.6 cm³/mol. The van der Waals surface area contributed by atoms with Gasteiger partial charge in [-0.25, -0.2) is 9.78 Å². The third kappa shape index (κ3) is 4.87. The fourth-order valence-corrected chi connectivity index (χ4v) is 2.32. The molecule has 2 aromatic rings. The van der Waals surface area contributed by atoms with Crippen molar-refractivity contribution in [1.82, 2.24) is 10.3 Å². The minimum Gasteiger partial charge on any atom is -0.497 e. The SMILES string of the molecule is COc1cccc(CCNc2ccc(NC(=O)NC3CC3)cn2)c1. The summed E-state index contributed by atoms with van der Waals surface area (Å²) in [6, 6.07) is 11.9. The molecule has 1 heterocycles. The number of hydrogen-bond donors (Lipinski definition) is 3. The molecule has 1 aromatic carbocycles. The van der Waals surface area contributed by atoms with Crippen molar-refractivity contribution in [3.63, 3.8) is 0 Å². The number of nitrogens with one attached hydrogen (secondary N) is 3. The van der Waals surface area contributed by atoms with E-state index in [2.05, 4.69) is 27.0 Å². The largest absolute Gasteiger partial charge is 0.497 e. The van der Waals surface area contributed by atoms with Crippen LogP contribution in [-0.2, 0) is 6.42 Å². The molecule has 0 atom stereocenters. The van der Waals surface area contributed by atoms with Crippen LogP contribution in [0.3, 0.4) is 0 Å². The van der Waals surface area contributed by atoms with E-state index < -0.39 is 0 Å². The lowest BCUT2D eigenvalue weighted by Crippen LogP contribution is -2.30. The van der Waals surface area contributed by atoms with E-state index in [9.17, 15) is 4.79 Å². The van der Waals surface area contributed by atoms with Crippen molar-refractivity contribution < 1.29 is 9.53 Å². The summed E-state index contributed by atoms with van der Waals surface area (Å²) in [6.45, 7) is 0.773. The fourth-order valence-electron chi connectivity index (χ4n) is 2.32. The average Bonchev–Trinajstić information content (AvgIpc) is 3.40. The van der Waals surface area contributed by atoms with Crippen molar-refractivity contribution in [2.45, 2.75) is 25.3 Å². The Kier molecular flexibility index (Phi) is 5.15. The van der Waals surface area contributed by atoms with Crippen molar-refractivity contribution in [3.05, 3.63) is 48.2 Å². The number of carbonyl (C=O) groups excluding carboxylic acids is 1. The van der Waals surface area contributed by atoms with E-state index >= 15 is 0 Å². The Hall–Kier alpha value is -2.76. The van der Waals surface area contributed by atoms with Crippen molar-refractivity contribution in [2.75, 3.05) is 24.3 Å². The van der Waals surface area contributed by atoms with Crippen LogP contribution >= 0.6 is 0 Å². The minimum absolute atomic E-state index is 0.168. The summed E-state index contributed by atoms with van der Waals surface area (Å²) in [6.07, 6.45) is 4.67. The summed E-state index contributed by atoms with van der Waals surface area (Å²) in [7, 11) is 1.67. The van der Waals surface area contributed by atoms with E-state index in [0.717, 1.165) is 37.4 Å². The molecule has 6 heteroatoms. The molecule has 1 aromatic heterocycles. The summed E-state index contributed by atoms with van der Waals surface area (Å²) in [5.74, 6) is 1.65. The first-order valence-electron chi connectivity index (χ1n) is 8.13. The highest BCUT2D eigenvalue weighted by molar-refractivity contribution is 5.89. The molecule has 2 amide bonds. The van der Waals surface area contributed by atoms with Crippen LogP contribution in [0.5, 0.6) is 5.75 Å². The van der Waals surface area contributed by atoms with Gasteiger partial charge in [-0.05, 0) is 49.1 Å². The first-order valence-corrected chi connectivity index (χ1v) is 8.13. The number of methoxy groups -OCH3 is 1. The zero-order chi connectivity index (χ0) is 16.8. The Morgan fingerprint density at radius 1 is 1.29 bits per heavy atom. The van der Waals surface area contributed by atoms with Gasteiger partial charge in [-0.1, -0.05) is 12.1 Å². The molecule has 0 unspecified atom stereocenters. The second kappa shape index (κ2) is 7.68. The second-order valence-corrected chi connectivity index (χ2v) is 5.83. The number of ether oxygens (including phenoxy) is 1. The van der Waals surface area contributed by atoms with Gasteiger partial charge in [-0.2, -0.15) is 0 Å². The van der Waals surface area contributed by atoms with Gasteiger partial charge in [0.25, 0.3) is 0 Å². The highest BCUT2D eigenvalue weighted by atomic mass is 16.5.